The highest BCUT2D eigenvalue weighted by atomic mass is 16.5. The van der Waals surface area contributed by atoms with Crippen LogP contribution in [0.5, 0.6) is 11.5 Å². The molecule has 1 saturated heterocycles. The van der Waals surface area contributed by atoms with E-state index in [1.165, 1.54) is 12.8 Å². The molecule has 3 atom stereocenters. The highest BCUT2D eigenvalue weighted by molar-refractivity contribution is 5.78. The molecule has 1 amide bonds. The first-order valence-electron chi connectivity index (χ1n) is 9.49. The number of hydrogen-bond donors (Lipinski definition) is 1. The summed E-state index contributed by atoms with van der Waals surface area (Å²) >= 11 is 0. The van der Waals surface area contributed by atoms with E-state index in [1.54, 1.807) is 14.2 Å². The Labute approximate surface area is 155 Å². The monoisotopic (exact) mass is 362 g/mol. The van der Waals surface area contributed by atoms with Gasteiger partial charge in [-0.2, -0.15) is 0 Å². The molecule has 1 aliphatic heterocycles. The van der Waals surface area contributed by atoms with Crippen molar-refractivity contribution in [3.63, 3.8) is 0 Å². The third-order valence-corrected chi connectivity index (χ3v) is 5.47. The van der Waals surface area contributed by atoms with Crippen LogP contribution in [0.2, 0.25) is 0 Å². The summed E-state index contributed by atoms with van der Waals surface area (Å²) in [6.07, 6.45) is 4.98. The molecule has 1 aliphatic carbocycles. The number of rotatable bonds is 6. The van der Waals surface area contributed by atoms with Crippen LogP contribution >= 0.6 is 0 Å². The van der Waals surface area contributed by atoms with Crippen LogP contribution in [0.15, 0.2) is 18.2 Å². The van der Waals surface area contributed by atoms with Crippen molar-refractivity contribution >= 4 is 5.91 Å². The molecular weight excluding hydrogens is 332 g/mol. The largest absolute Gasteiger partial charge is 0.497 e. The average Bonchev–Trinajstić information content (AvgIpc) is 2.67. The minimum atomic E-state index is -0.157. The van der Waals surface area contributed by atoms with E-state index in [0.29, 0.717) is 25.3 Å². The molecule has 26 heavy (non-hydrogen) atoms. The van der Waals surface area contributed by atoms with Crippen LogP contribution in [0.4, 0.5) is 0 Å². The van der Waals surface area contributed by atoms with Gasteiger partial charge in [0.1, 0.15) is 11.5 Å². The first kappa shape index (κ1) is 19.0. The Bertz CT molecular complexity index is 620. The van der Waals surface area contributed by atoms with E-state index < -0.39 is 0 Å². The van der Waals surface area contributed by atoms with Gasteiger partial charge in [-0.1, -0.05) is 12.8 Å². The van der Waals surface area contributed by atoms with Crippen molar-refractivity contribution < 1.29 is 19.0 Å². The molecule has 0 radical (unpaired) electrons. The van der Waals surface area contributed by atoms with Gasteiger partial charge in [-0.3, -0.25) is 9.69 Å². The molecule has 6 nitrogen and oxygen atoms in total. The van der Waals surface area contributed by atoms with Gasteiger partial charge in [0, 0.05) is 18.2 Å². The van der Waals surface area contributed by atoms with Crippen molar-refractivity contribution in [2.24, 2.45) is 0 Å². The minimum Gasteiger partial charge on any atom is -0.497 e. The molecule has 1 aromatic carbocycles. The first-order chi connectivity index (χ1) is 12.6. The Morgan fingerprint density at radius 2 is 2.12 bits per heavy atom. The summed E-state index contributed by atoms with van der Waals surface area (Å²) in [7, 11) is 3.27. The van der Waals surface area contributed by atoms with Gasteiger partial charge in [-0.25, -0.2) is 0 Å². The zero-order chi connectivity index (χ0) is 18.5. The lowest BCUT2D eigenvalue weighted by atomic mass is 9.90. The highest BCUT2D eigenvalue weighted by Gasteiger charge is 2.35. The number of fused-ring (bicyclic) bond motifs is 1. The number of methoxy groups -OCH3 is 2. The highest BCUT2D eigenvalue weighted by Crippen LogP contribution is 2.30. The molecule has 2 aliphatic rings. The lowest BCUT2D eigenvalue weighted by Crippen LogP contribution is -2.55. The Morgan fingerprint density at radius 3 is 2.88 bits per heavy atom. The fraction of sp³-hybridized carbons (Fsp3) is 0.650. The minimum absolute atomic E-state index is 0.0357. The first-order valence-corrected chi connectivity index (χ1v) is 9.49. The van der Waals surface area contributed by atoms with Gasteiger partial charge in [-0.15, -0.1) is 0 Å². The normalized spacial score (nSPS) is 24.4. The van der Waals surface area contributed by atoms with Crippen LogP contribution < -0.4 is 14.8 Å². The average molecular weight is 362 g/mol. The number of amides is 1. The van der Waals surface area contributed by atoms with Crippen LogP contribution in [0.25, 0.3) is 0 Å². The smallest absolute Gasteiger partial charge is 0.234 e. The predicted octanol–water partition coefficient (Wildman–Crippen LogP) is 2.52. The van der Waals surface area contributed by atoms with E-state index in [1.807, 2.05) is 25.1 Å². The van der Waals surface area contributed by atoms with Gasteiger partial charge in [0.25, 0.3) is 0 Å². The topological polar surface area (TPSA) is 60.0 Å². The van der Waals surface area contributed by atoms with E-state index in [-0.39, 0.29) is 11.9 Å². The second-order valence-electron chi connectivity index (χ2n) is 7.13. The van der Waals surface area contributed by atoms with E-state index in [4.69, 9.17) is 14.2 Å². The van der Waals surface area contributed by atoms with Gasteiger partial charge in [0.2, 0.25) is 5.91 Å². The zero-order valence-electron chi connectivity index (χ0n) is 16.0. The third kappa shape index (κ3) is 4.30. The quantitative estimate of drug-likeness (QED) is 0.843. The number of morpholine rings is 1. The van der Waals surface area contributed by atoms with E-state index >= 15 is 0 Å². The lowest BCUT2D eigenvalue weighted by molar-refractivity contribution is -0.130. The molecule has 1 saturated carbocycles. The van der Waals surface area contributed by atoms with Crippen molar-refractivity contribution in [2.45, 2.75) is 50.8 Å². The number of carbonyl (C=O) groups excluding carboxylic acids is 1. The van der Waals surface area contributed by atoms with Crippen LogP contribution in [0.3, 0.4) is 0 Å². The summed E-state index contributed by atoms with van der Waals surface area (Å²) in [5.41, 5.74) is 0.915. The van der Waals surface area contributed by atoms with Crippen LogP contribution in [-0.2, 0) is 9.53 Å². The molecule has 0 spiro atoms. The molecule has 1 N–H and O–H groups in total. The number of benzene rings is 1. The number of nitrogens with one attached hydrogen (secondary N) is 1. The maximum absolute atomic E-state index is 12.7. The zero-order valence-corrected chi connectivity index (χ0v) is 16.0. The van der Waals surface area contributed by atoms with Gasteiger partial charge in [0.05, 0.1) is 39.5 Å². The summed E-state index contributed by atoms with van der Waals surface area (Å²) in [5.74, 6) is 1.53. The van der Waals surface area contributed by atoms with Crippen molar-refractivity contribution in [1.82, 2.24) is 10.2 Å². The predicted molar refractivity (Wildman–Crippen MR) is 99.7 cm³/mol. The summed E-state index contributed by atoms with van der Waals surface area (Å²) in [6, 6.07) is 5.86. The number of nitrogens with zero attached hydrogens (tertiary/aromatic N) is 1. The summed E-state index contributed by atoms with van der Waals surface area (Å²) in [6.45, 7) is 3.93. The van der Waals surface area contributed by atoms with Crippen molar-refractivity contribution in [1.29, 1.82) is 0 Å². The van der Waals surface area contributed by atoms with Crippen LogP contribution in [0.1, 0.15) is 44.2 Å². The van der Waals surface area contributed by atoms with E-state index in [9.17, 15) is 4.79 Å². The molecular formula is C20H30N2O4. The Kier molecular flexibility index (Phi) is 6.38. The maximum atomic E-state index is 12.7. The standard InChI is InChI=1S/C20H30N2O4/c1-14(16-12-15(24-2)8-9-18(16)25-3)21-20(23)13-22-10-11-26-19-7-5-4-6-17(19)22/h8-9,12,14,17,19H,4-7,10-11,13H2,1-3H3,(H,21,23). The van der Waals surface area contributed by atoms with Crippen molar-refractivity contribution in [2.75, 3.05) is 33.9 Å². The van der Waals surface area contributed by atoms with Gasteiger partial charge in [0.15, 0.2) is 0 Å². The van der Waals surface area contributed by atoms with Crippen LogP contribution in [0, 0.1) is 0 Å². The molecule has 6 heteroatoms. The molecule has 3 unspecified atom stereocenters. The SMILES string of the molecule is COc1ccc(OC)c(C(C)NC(=O)CN2CCOC3CCCCC32)c1. The van der Waals surface area contributed by atoms with Crippen molar-refractivity contribution in [3.05, 3.63) is 23.8 Å². The molecule has 0 bridgehead atoms. The number of carbonyl (C=O) groups is 1. The van der Waals surface area contributed by atoms with Crippen molar-refractivity contribution in [3.8, 4) is 11.5 Å². The molecule has 1 heterocycles. The summed E-state index contributed by atoms with van der Waals surface area (Å²) < 4.78 is 16.6. The number of ether oxygens (including phenoxy) is 3. The summed E-state index contributed by atoms with van der Waals surface area (Å²) in [4.78, 5) is 14.9. The third-order valence-electron chi connectivity index (χ3n) is 5.47. The van der Waals surface area contributed by atoms with E-state index in [2.05, 4.69) is 10.2 Å². The second-order valence-corrected chi connectivity index (χ2v) is 7.13. The fourth-order valence-corrected chi connectivity index (χ4v) is 4.10. The Balaban J connectivity index is 1.62. The summed E-state index contributed by atoms with van der Waals surface area (Å²) in [5, 5.41) is 3.11. The lowest BCUT2D eigenvalue weighted by Gasteiger charge is -2.43. The Hall–Kier alpha value is -1.79. The Morgan fingerprint density at radius 1 is 1.31 bits per heavy atom. The van der Waals surface area contributed by atoms with Crippen LogP contribution in [-0.4, -0.2) is 56.9 Å². The molecule has 144 valence electrons. The fourth-order valence-electron chi connectivity index (χ4n) is 4.10. The number of hydrogen-bond acceptors (Lipinski definition) is 5. The van der Waals surface area contributed by atoms with Gasteiger partial charge >= 0.3 is 0 Å². The second kappa shape index (κ2) is 8.73. The maximum Gasteiger partial charge on any atom is 0.234 e. The molecule has 0 aromatic heterocycles. The van der Waals surface area contributed by atoms with Gasteiger partial charge < -0.3 is 19.5 Å². The van der Waals surface area contributed by atoms with E-state index in [0.717, 1.165) is 36.4 Å². The molecule has 1 aromatic rings. The molecule has 3 rings (SSSR count). The van der Waals surface area contributed by atoms with Gasteiger partial charge in [-0.05, 0) is 38.0 Å². The molecule has 2 fully saturated rings.